The second-order valence-electron chi connectivity index (χ2n) is 6.38. The number of non-ortho nitro benzene ring substituents is 1. The van der Waals surface area contributed by atoms with Gasteiger partial charge in [0, 0.05) is 24.4 Å². The fourth-order valence-electron chi connectivity index (χ4n) is 2.90. The molecule has 0 saturated carbocycles. The molecular weight excluding hydrogens is 406 g/mol. The van der Waals surface area contributed by atoms with Gasteiger partial charge in [-0.1, -0.05) is 48.2 Å². The highest BCUT2D eigenvalue weighted by Gasteiger charge is 2.14. The fraction of sp³-hybridized carbons (Fsp3) is 0.150. The van der Waals surface area contributed by atoms with E-state index in [2.05, 4.69) is 15.2 Å². The van der Waals surface area contributed by atoms with Crippen LogP contribution in [-0.4, -0.2) is 30.4 Å². The van der Waals surface area contributed by atoms with Crippen molar-refractivity contribution in [1.82, 2.24) is 19.7 Å². The van der Waals surface area contributed by atoms with Crippen molar-refractivity contribution in [2.75, 3.05) is 5.75 Å². The van der Waals surface area contributed by atoms with Gasteiger partial charge in [0.1, 0.15) is 5.82 Å². The Kier molecular flexibility index (Phi) is 5.75. The van der Waals surface area contributed by atoms with Gasteiger partial charge in [0.15, 0.2) is 5.58 Å². The number of nitrogens with one attached hydrogen (secondary N) is 1. The Morgan fingerprint density at radius 1 is 1.20 bits per heavy atom. The molecule has 0 aliphatic heterocycles. The molecule has 1 N–H and O–H groups in total. The van der Waals surface area contributed by atoms with Gasteiger partial charge in [-0.25, -0.2) is 9.78 Å². The van der Waals surface area contributed by atoms with E-state index in [9.17, 15) is 14.9 Å². The van der Waals surface area contributed by atoms with Crippen LogP contribution in [0.1, 0.15) is 17.8 Å². The molecule has 152 valence electrons. The van der Waals surface area contributed by atoms with Gasteiger partial charge in [-0.05, 0) is 24.1 Å². The number of nitro benzene ring substituents is 1. The van der Waals surface area contributed by atoms with Gasteiger partial charge < -0.3 is 4.42 Å². The van der Waals surface area contributed by atoms with Crippen LogP contribution in [0, 0.1) is 10.1 Å². The summed E-state index contributed by atoms with van der Waals surface area (Å²) in [5, 5.41) is 18.6. The highest BCUT2D eigenvalue weighted by Crippen LogP contribution is 2.21. The molecule has 4 aromatic rings. The molecule has 0 atom stereocenters. The number of nitrogens with zero attached hydrogens (tertiary/aromatic N) is 4. The molecule has 0 aliphatic carbocycles. The van der Waals surface area contributed by atoms with Gasteiger partial charge in [0.05, 0.1) is 10.4 Å². The maximum Gasteiger partial charge on any atom is 0.419 e. The number of hydrogen-bond acceptors (Lipinski definition) is 7. The van der Waals surface area contributed by atoms with Crippen LogP contribution in [0.15, 0.2) is 62.9 Å². The van der Waals surface area contributed by atoms with Crippen molar-refractivity contribution < 1.29 is 9.34 Å². The average Bonchev–Trinajstić information content (AvgIpc) is 3.33. The van der Waals surface area contributed by atoms with Gasteiger partial charge in [-0.3, -0.25) is 19.8 Å². The fourth-order valence-corrected chi connectivity index (χ4v) is 3.63. The zero-order chi connectivity index (χ0) is 20.9. The minimum absolute atomic E-state index is 0.0803. The first kappa shape index (κ1) is 19.6. The lowest BCUT2D eigenvalue weighted by Gasteiger charge is -2.01. The Morgan fingerprint density at radius 3 is 2.83 bits per heavy atom. The molecule has 0 fully saturated rings. The molecule has 0 bridgehead atoms. The lowest BCUT2D eigenvalue weighted by molar-refractivity contribution is -0.384. The van der Waals surface area contributed by atoms with Gasteiger partial charge in [0.2, 0.25) is 5.16 Å². The SMILES string of the molecule is O=c1oc2ccc([N+](=O)[O-])cc2n1CCCSc1n[nH]c(/C=C/c2ccccc2)n1. The summed E-state index contributed by atoms with van der Waals surface area (Å²) >= 11 is 1.46. The molecule has 30 heavy (non-hydrogen) atoms. The van der Waals surface area contributed by atoms with Crippen LogP contribution < -0.4 is 5.76 Å². The summed E-state index contributed by atoms with van der Waals surface area (Å²) in [6.45, 7) is 0.380. The number of nitro groups is 1. The summed E-state index contributed by atoms with van der Waals surface area (Å²) in [6.07, 6.45) is 4.45. The number of H-pyrrole nitrogens is 1. The van der Waals surface area contributed by atoms with E-state index in [1.54, 1.807) is 0 Å². The van der Waals surface area contributed by atoms with Crippen molar-refractivity contribution in [3.8, 4) is 0 Å². The maximum atomic E-state index is 12.1. The smallest absolute Gasteiger partial charge is 0.408 e. The van der Waals surface area contributed by atoms with E-state index in [1.807, 2.05) is 42.5 Å². The summed E-state index contributed by atoms with van der Waals surface area (Å²) in [5.74, 6) is 0.806. The molecule has 0 amide bonds. The number of fused-ring (bicyclic) bond motifs is 1. The summed E-state index contributed by atoms with van der Waals surface area (Å²) in [6, 6.07) is 14.0. The number of aromatic nitrogens is 4. The van der Waals surface area contributed by atoms with E-state index in [0.717, 1.165) is 5.56 Å². The highest BCUT2D eigenvalue weighted by molar-refractivity contribution is 7.99. The van der Waals surface area contributed by atoms with E-state index < -0.39 is 10.7 Å². The van der Waals surface area contributed by atoms with E-state index in [1.165, 1.54) is 34.5 Å². The van der Waals surface area contributed by atoms with Crippen LogP contribution >= 0.6 is 11.8 Å². The first-order valence-corrected chi connectivity index (χ1v) is 10.1. The molecule has 2 heterocycles. The highest BCUT2D eigenvalue weighted by atomic mass is 32.2. The van der Waals surface area contributed by atoms with Gasteiger partial charge in [-0.15, -0.1) is 5.10 Å². The quantitative estimate of drug-likeness (QED) is 0.197. The average molecular weight is 423 g/mol. The van der Waals surface area contributed by atoms with Crippen molar-refractivity contribution in [2.45, 2.75) is 18.1 Å². The molecule has 2 aromatic heterocycles. The molecular formula is C20H17N5O4S. The van der Waals surface area contributed by atoms with E-state index in [-0.39, 0.29) is 5.69 Å². The molecule has 0 saturated heterocycles. The summed E-state index contributed by atoms with van der Waals surface area (Å²) < 4.78 is 6.57. The number of hydrogen-bond donors (Lipinski definition) is 1. The molecule has 2 aromatic carbocycles. The van der Waals surface area contributed by atoms with Crippen LogP contribution in [0.5, 0.6) is 0 Å². The Morgan fingerprint density at radius 2 is 2.03 bits per heavy atom. The largest absolute Gasteiger partial charge is 0.419 e. The van der Waals surface area contributed by atoms with Crippen LogP contribution in [0.2, 0.25) is 0 Å². The van der Waals surface area contributed by atoms with E-state index >= 15 is 0 Å². The Balaban J connectivity index is 1.34. The lowest BCUT2D eigenvalue weighted by Crippen LogP contribution is -2.14. The van der Waals surface area contributed by atoms with Crippen LogP contribution in [0.4, 0.5) is 5.69 Å². The zero-order valence-corrected chi connectivity index (χ0v) is 16.5. The standard InChI is InChI=1S/C20H17N5O4S/c26-20-24(16-13-15(25(27)28)8-9-17(16)29-20)11-4-12-30-19-21-18(22-23-19)10-7-14-5-2-1-3-6-14/h1-3,5-10,13H,4,11-12H2,(H,21,22,23)/b10-7+. The second-order valence-corrected chi connectivity index (χ2v) is 7.44. The monoisotopic (exact) mass is 423 g/mol. The minimum atomic E-state index is -0.526. The molecule has 0 aliphatic rings. The lowest BCUT2D eigenvalue weighted by atomic mass is 10.2. The third kappa shape index (κ3) is 4.49. The number of aromatic amines is 1. The van der Waals surface area contributed by atoms with Gasteiger partial charge in [0.25, 0.3) is 5.69 Å². The molecule has 4 rings (SSSR count). The van der Waals surface area contributed by atoms with Crippen molar-refractivity contribution >= 4 is 40.7 Å². The number of thioether (sulfide) groups is 1. The normalized spacial score (nSPS) is 11.5. The predicted octanol–water partition coefficient (Wildman–Crippen LogP) is 3.97. The van der Waals surface area contributed by atoms with Crippen LogP contribution in [-0.2, 0) is 6.54 Å². The van der Waals surface area contributed by atoms with Crippen molar-refractivity contribution in [3.63, 3.8) is 0 Å². The molecule has 10 heteroatoms. The molecule has 0 unspecified atom stereocenters. The number of benzene rings is 2. The van der Waals surface area contributed by atoms with Crippen LogP contribution in [0.3, 0.4) is 0 Å². The van der Waals surface area contributed by atoms with Gasteiger partial charge >= 0.3 is 5.76 Å². The first-order chi connectivity index (χ1) is 14.6. The van der Waals surface area contributed by atoms with Crippen LogP contribution in [0.25, 0.3) is 23.3 Å². The van der Waals surface area contributed by atoms with Crippen molar-refractivity contribution in [3.05, 3.63) is 80.6 Å². The zero-order valence-electron chi connectivity index (χ0n) is 15.7. The number of aryl methyl sites for hydroxylation is 1. The Labute approximate surface area is 174 Å². The predicted molar refractivity (Wildman–Crippen MR) is 114 cm³/mol. The summed E-state index contributed by atoms with van der Waals surface area (Å²) in [4.78, 5) is 26.9. The Bertz CT molecular complexity index is 1260. The minimum Gasteiger partial charge on any atom is -0.408 e. The third-order valence-corrected chi connectivity index (χ3v) is 5.27. The number of oxazole rings is 1. The first-order valence-electron chi connectivity index (χ1n) is 9.16. The maximum absolute atomic E-state index is 12.1. The van der Waals surface area contributed by atoms with E-state index in [0.29, 0.717) is 40.8 Å². The molecule has 9 nitrogen and oxygen atoms in total. The topological polar surface area (TPSA) is 120 Å². The van der Waals surface area contributed by atoms with Crippen molar-refractivity contribution in [2.24, 2.45) is 0 Å². The third-order valence-electron chi connectivity index (χ3n) is 4.33. The second kappa shape index (κ2) is 8.78. The Hall–Kier alpha value is -3.66. The summed E-state index contributed by atoms with van der Waals surface area (Å²) in [7, 11) is 0. The van der Waals surface area contributed by atoms with Crippen molar-refractivity contribution in [1.29, 1.82) is 0 Å². The summed E-state index contributed by atoms with van der Waals surface area (Å²) in [5.41, 5.74) is 1.75. The molecule has 0 radical (unpaired) electrons. The number of rotatable bonds is 8. The molecule has 0 spiro atoms. The van der Waals surface area contributed by atoms with Gasteiger partial charge in [-0.2, -0.15) is 0 Å². The van der Waals surface area contributed by atoms with E-state index in [4.69, 9.17) is 4.42 Å².